The van der Waals surface area contributed by atoms with Crippen LogP contribution in [-0.2, 0) is 0 Å². The van der Waals surface area contributed by atoms with Crippen LogP contribution in [0, 0.1) is 0 Å². The summed E-state index contributed by atoms with van der Waals surface area (Å²) in [6.07, 6.45) is 0. The molecule has 0 N–H and O–H groups in total. The summed E-state index contributed by atoms with van der Waals surface area (Å²) in [6.45, 7) is 0. The summed E-state index contributed by atoms with van der Waals surface area (Å²) in [5.74, 6) is 0. The van der Waals surface area contributed by atoms with Crippen LogP contribution < -0.4 is 4.90 Å². The van der Waals surface area contributed by atoms with E-state index in [1.54, 1.807) is 11.3 Å². The summed E-state index contributed by atoms with van der Waals surface area (Å²) in [7, 11) is 0. The van der Waals surface area contributed by atoms with E-state index in [0.717, 1.165) is 16.4 Å². The molecule has 0 aliphatic rings. The Bertz CT molecular complexity index is 1830. The number of thiophene rings is 2. The van der Waals surface area contributed by atoms with Gasteiger partial charge in [0.25, 0.3) is 0 Å². The van der Waals surface area contributed by atoms with Gasteiger partial charge in [-0.25, -0.2) is 0 Å². The lowest BCUT2D eigenvalue weighted by Gasteiger charge is -2.26. The first kappa shape index (κ1) is 20.0. The quantitative estimate of drug-likeness (QED) is 0.237. The van der Waals surface area contributed by atoms with Crippen molar-refractivity contribution in [3.05, 3.63) is 114 Å². The number of halogens is 1. The lowest BCUT2D eigenvalue weighted by atomic mass is 10.1. The van der Waals surface area contributed by atoms with Crippen molar-refractivity contribution in [3.63, 3.8) is 0 Å². The van der Waals surface area contributed by atoms with Gasteiger partial charge in [0, 0.05) is 52.0 Å². The average molecular weight is 492 g/mol. The molecule has 7 aromatic rings. The van der Waals surface area contributed by atoms with E-state index in [1.807, 2.05) is 17.4 Å². The number of hydrogen-bond donors (Lipinski definition) is 0. The Labute approximate surface area is 210 Å². The smallest absolute Gasteiger partial charge is 0.0640 e. The van der Waals surface area contributed by atoms with Crippen molar-refractivity contribution in [2.45, 2.75) is 0 Å². The van der Waals surface area contributed by atoms with Crippen LogP contribution in [0.15, 0.2) is 109 Å². The van der Waals surface area contributed by atoms with Gasteiger partial charge in [0.1, 0.15) is 0 Å². The summed E-state index contributed by atoms with van der Waals surface area (Å²) in [6, 6.07) is 38.9. The van der Waals surface area contributed by atoms with Gasteiger partial charge in [-0.2, -0.15) is 0 Å². The van der Waals surface area contributed by atoms with Crippen molar-refractivity contribution < 1.29 is 0 Å². The molecule has 0 aliphatic carbocycles. The molecule has 2 aromatic heterocycles. The fourth-order valence-corrected chi connectivity index (χ4v) is 7.36. The van der Waals surface area contributed by atoms with E-state index in [9.17, 15) is 0 Å². The SMILES string of the molecule is Clc1ccc2c(c1)sc1ccc(N(c3ccccc3)c3cccc4c3sc3ccccc34)cc12. The van der Waals surface area contributed by atoms with Crippen LogP contribution in [0.3, 0.4) is 0 Å². The molecule has 0 saturated carbocycles. The van der Waals surface area contributed by atoms with Crippen LogP contribution in [0.2, 0.25) is 5.02 Å². The van der Waals surface area contributed by atoms with Crippen molar-refractivity contribution in [1.29, 1.82) is 0 Å². The number of anilines is 3. The van der Waals surface area contributed by atoms with Crippen molar-refractivity contribution >= 4 is 91.7 Å². The molecule has 0 amide bonds. The van der Waals surface area contributed by atoms with Gasteiger partial charge in [-0.05, 0) is 54.6 Å². The zero-order valence-corrected chi connectivity index (χ0v) is 20.4. The van der Waals surface area contributed by atoms with Crippen molar-refractivity contribution in [2.75, 3.05) is 4.90 Å². The predicted octanol–water partition coefficient (Wildman–Crippen LogP) is 10.5. The average Bonchev–Trinajstić information content (AvgIpc) is 3.43. The van der Waals surface area contributed by atoms with Crippen molar-refractivity contribution in [1.82, 2.24) is 0 Å². The number of hydrogen-bond acceptors (Lipinski definition) is 3. The summed E-state index contributed by atoms with van der Waals surface area (Å²) in [5, 5.41) is 5.91. The van der Waals surface area contributed by atoms with E-state index >= 15 is 0 Å². The molecule has 0 radical (unpaired) electrons. The Morgan fingerprint density at radius 2 is 1.26 bits per heavy atom. The normalized spacial score (nSPS) is 11.7. The van der Waals surface area contributed by atoms with E-state index in [2.05, 4.69) is 108 Å². The van der Waals surface area contributed by atoms with Gasteiger partial charge in [0.2, 0.25) is 0 Å². The monoisotopic (exact) mass is 491 g/mol. The topological polar surface area (TPSA) is 3.24 Å². The fourth-order valence-electron chi connectivity index (χ4n) is 4.79. The molecule has 5 aromatic carbocycles. The van der Waals surface area contributed by atoms with Gasteiger partial charge >= 0.3 is 0 Å². The summed E-state index contributed by atoms with van der Waals surface area (Å²) in [4.78, 5) is 2.39. The maximum absolute atomic E-state index is 6.28. The Hall–Kier alpha value is -3.37. The summed E-state index contributed by atoms with van der Waals surface area (Å²) < 4.78 is 5.11. The van der Waals surface area contributed by atoms with Gasteiger partial charge < -0.3 is 4.90 Å². The van der Waals surface area contributed by atoms with Gasteiger partial charge in [-0.1, -0.05) is 66.2 Å². The molecule has 0 bridgehead atoms. The number of rotatable bonds is 3. The zero-order valence-electron chi connectivity index (χ0n) is 18.0. The maximum Gasteiger partial charge on any atom is 0.0640 e. The largest absolute Gasteiger partial charge is 0.309 e. The highest BCUT2D eigenvalue weighted by atomic mass is 35.5. The molecule has 0 spiro atoms. The molecule has 2 heterocycles. The van der Waals surface area contributed by atoms with Gasteiger partial charge in [-0.3, -0.25) is 0 Å². The molecule has 1 nitrogen and oxygen atoms in total. The van der Waals surface area contributed by atoms with Gasteiger partial charge in [-0.15, -0.1) is 22.7 Å². The Kier molecular flexibility index (Phi) is 4.63. The minimum Gasteiger partial charge on any atom is -0.309 e. The highest BCUT2D eigenvalue weighted by Gasteiger charge is 2.18. The lowest BCUT2D eigenvalue weighted by Crippen LogP contribution is -2.09. The highest BCUT2D eigenvalue weighted by Crippen LogP contribution is 2.46. The number of fused-ring (bicyclic) bond motifs is 6. The zero-order chi connectivity index (χ0) is 22.6. The molecule has 0 unspecified atom stereocenters. The van der Waals surface area contributed by atoms with Crippen LogP contribution in [0.5, 0.6) is 0 Å². The van der Waals surface area contributed by atoms with Crippen LogP contribution in [-0.4, -0.2) is 0 Å². The lowest BCUT2D eigenvalue weighted by molar-refractivity contribution is 1.31. The third kappa shape index (κ3) is 3.13. The third-order valence-corrected chi connectivity index (χ3v) is 8.89. The van der Waals surface area contributed by atoms with Crippen LogP contribution in [0.4, 0.5) is 17.1 Å². The minimum absolute atomic E-state index is 0.779. The summed E-state index contributed by atoms with van der Waals surface area (Å²) >= 11 is 9.93. The Balaban J connectivity index is 1.52. The maximum atomic E-state index is 6.28. The van der Waals surface area contributed by atoms with E-state index < -0.39 is 0 Å². The van der Waals surface area contributed by atoms with E-state index in [0.29, 0.717) is 0 Å². The first-order valence-corrected chi connectivity index (χ1v) is 13.1. The highest BCUT2D eigenvalue weighted by molar-refractivity contribution is 7.26. The Morgan fingerprint density at radius 1 is 0.500 bits per heavy atom. The minimum atomic E-state index is 0.779. The summed E-state index contributed by atoms with van der Waals surface area (Å²) in [5.41, 5.74) is 3.50. The van der Waals surface area contributed by atoms with Crippen molar-refractivity contribution in [2.24, 2.45) is 0 Å². The van der Waals surface area contributed by atoms with E-state index in [1.165, 1.54) is 46.0 Å². The van der Waals surface area contributed by atoms with E-state index in [-0.39, 0.29) is 0 Å². The second-order valence-electron chi connectivity index (χ2n) is 8.35. The number of para-hydroxylation sites is 1. The first-order chi connectivity index (χ1) is 16.8. The van der Waals surface area contributed by atoms with Gasteiger partial charge in [0.15, 0.2) is 0 Å². The molecule has 0 aliphatic heterocycles. The standard InChI is InChI=1S/C30H18ClNS2/c31-19-13-15-23-25-18-21(14-16-28(25)33-29(23)17-19)32(20-7-2-1-3-8-20)26-11-6-10-24-22-9-4-5-12-27(22)34-30(24)26/h1-18H. The van der Waals surface area contributed by atoms with Crippen LogP contribution in [0.25, 0.3) is 40.3 Å². The Morgan fingerprint density at radius 3 is 2.18 bits per heavy atom. The van der Waals surface area contributed by atoms with Gasteiger partial charge in [0.05, 0.1) is 10.4 Å². The molecule has 0 saturated heterocycles. The molecule has 162 valence electrons. The molecular weight excluding hydrogens is 474 g/mol. The fraction of sp³-hybridized carbons (Fsp3) is 0. The molecule has 4 heteroatoms. The second-order valence-corrected chi connectivity index (χ2v) is 10.9. The molecule has 34 heavy (non-hydrogen) atoms. The predicted molar refractivity (Wildman–Crippen MR) is 152 cm³/mol. The van der Waals surface area contributed by atoms with Crippen LogP contribution in [0.1, 0.15) is 0 Å². The third-order valence-electron chi connectivity index (χ3n) is 6.31. The molecular formula is C30H18ClNS2. The number of nitrogens with zero attached hydrogens (tertiary/aromatic N) is 1. The molecule has 0 fully saturated rings. The number of benzene rings is 5. The van der Waals surface area contributed by atoms with Crippen molar-refractivity contribution in [3.8, 4) is 0 Å². The molecule has 7 rings (SSSR count). The van der Waals surface area contributed by atoms with Crippen LogP contribution >= 0.6 is 34.3 Å². The second kappa shape index (κ2) is 7.85. The van der Waals surface area contributed by atoms with E-state index in [4.69, 9.17) is 11.6 Å². The first-order valence-electron chi connectivity index (χ1n) is 11.1. The molecule has 0 atom stereocenters.